The third-order valence-electron chi connectivity index (χ3n) is 10.6. The monoisotopic (exact) mass is 478 g/mol. The van der Waals surface area contributed by atoms with E-state index in [1.54, 1.807) is 0 Å². The minimum Gasteiger partial charge on any atom is -0.458 e. The number of fused-ring (bicyclic) bond motifs is 4. The molecule has 9 atom stereocenters. The van der Waals surface area contributed by atoms with Gasteiger partial charge >= 0.3 is 11.9 Å². The van der Waals surface area contributed by atoms with E-state index >= 15 is 0 Å². The molecule has 4 heterocycles. The fourth-order valence-corrected chi connectivity index (χ4v) is 8.71. The molecule has 0 radical (unpaired) electrons. The minimum absolute atomic E-state index is 0.0859. The number of epoxide rings is 3. The van der Waals surface area contributed by atoms with Crippen LogP contribution in [-0.2, 0) is 28.5 Å². The summed E-state index contributed by atoms with van der Waals surface area (Å²) in [6, 6.07) is 7.47. The summed E-state index contributed by atoms with van der Waals surface area (Å²) in [7, 11) is 0. The van der Waals surface area contributed by atoms with E-state index in [-0.39, 0.29) is 47.5 Å². The first kappa shape index (κ1) is 20.9. The number of carbonyl (C=O) groups excluding carboxylic acids is 2. The summed E-state index contributed by atoms with van der Waals surface area (Å²) in [6.45, 7) is 8.91. The first-order valence-electron chi connectivity index (χ1n) is 12.9. The van der Waals surface area contributed by atoms with Crippen LogP contribution in [0.4, 0.5) is 0 Å². The highest BCUT2D eigenvalue weighted by Crippen LogP contribution is 2.83. The molecule has 0 aromatic heterocycles. The van der Waals surface area contributed by atoms with Crippen LogP contribution >= 0.6 is 0 Å². The van der Waals surface area contributed by atoms with Crippen molar-refractivity contribution in [2.75, 3.05) is 6.61 Å². The van der Waals surface area contributed by atoms with Crippen molar-refractivity contribution in [1.82, 2.24) is 0 Å². The highest BCUT2D eigenvalue weighted by Gasteiger charge is 3.01. The highest BCUT2D eigenvalue weighted by atomic mass is 16.8. The van der Waals surface area contributed by atoms with Gasteiger partial charge in [-0.25, -0.2) is 9.59 Å². The summed E-state index contributed by atoms with van der Waals surface area (Å²) in [5.41, 5.74) is 1.44. The lowest BCUT2D eigenvalue weighted by Crippen LogP contribution is -2.70. The van der Waals surface area contributed by atoms with Crippen molar-refractivity contribution in [3.8, 4) is 0 Å². The van der Waals surface area contributed by atoms with E-state index in [1.165, 1.54) is 0 Å². The number of hydrogen-bond acceptors (Lipinski definition) is 7. The molecule has 7 heteroatoms. The van der Waals surface area contributed by atoms with Crippen LogP contribution in [0.2, 0.25) is 0 Å². The number of carbonyl (C=O) groups is 2. The van der Waals surface area contributed by atoms with Crippen LogP contribution in [0.5, 0.6) is 0 Å². The summed E-state index contributed by atoms with van der Waals surface area (Å²) in [5.74, 6) is -0.226. The summed E-state index contributed by atoms with van der Waals surface area (Å²) < 4.78 is 31.7. The van der Waals surface area contributed by atoms with Crippen LogP contribution in [0.25, 0.3) is 0 Å². The van der Waals surface area contributed by atoms with Gasteiger partial charge in [-0.05, 0) is 55.7 Å². The van der Waals surface area contributed by atoms with Gasteiger partial charge in [-0.15, -0.1) is 0 Å². The predicted molar refractivity (Wildman–Crippen MR) is 121 cm³/mol. The molecule has 184 valence electrons. The first-order chi connectivity index (χ1) is 16.7. The van der Waals surface area contributed by atoms with Crippen LogP contribution in [0, 0.1) is 24.2 Å². The van der Waals surface area contributed by atoms with Crippen LogP contribution in [0.15, 0.2) is 35.4 Å². The van der Waals surface area contributed by atoms with E-state index in [0.717, 1.165) is 29.6 Å². The average Bonchev–Trinajstić information content (AvgIpc) is 3.73. The maximum atomic E-state index is 13.4. The van der Waals surface area contributed by atoms with E-state index in [4.69, 9.17) is 23.7 Å². The molecule has 1 aromatic carbocycles. The third kappa shape index (κ3) is 2.10. The molecule has 8 rings (SSSR count). The maximum absolute atomic E-state index is 13.4. The molecule has 0 N–H and O–H groups in total. The van der Waals surface area contributed by atoms with E-state index in [9.17, 15) is 9.59 Å². The molecule has 4 aliphatic heterocycles. The summed E-state index contributed by atoms with van der Waals surface area (Å²) in [6.07, 6.45) is 1.42. The fourth-order valence-electron chi connectivity index (χ4n) is 8.71. The molecular weight excluding hydrogens is 448 g/mol. The van der Waals surface area contributed by atoms with Crippen LogP contribution in [0.3, 0.4) is 0 Å². The quantitative estimate of drug-likeness (QED) is 0.486. The maximum Gasteiger partial charge on any atom is 0.338 e. The Bertz CT molecular complexity index is 1230. The Labute approximate surface area is 204 Å². The van der Waals surface area contributed by atoms with Crippen LogP contribution in [0.1, 0.15) is 56.0 Å². The van der Waals surface area contributed by atoms with Crippen molar-refractivity contribution in [3.05, 3.63) is 46.5 Å². The van der Waals surface area contributed by atoms with Crippen LogP contribution < -0.4 is 0 Å². The molecule has 2 spiro atoms. The van der Waals surface area contributed by atoms with Gasteiger partial charge in [0.2, 0.25) is 0 Å². The zero-order chi connectivity index (χ0) is 24.1. The molecule has 2 saturated carbocycles. The molecule has 35 heavy (non-hydrogen) atoms. The zero-order valence-corrected chi connectivity index (χ0v) is 20.5. The second-order valence-corrected chi connectivity index (χ2v) is 12.2. The van der Waals surface area contributed by atoms with Crippen molar-refractivity contribution in [3.63, 3.8) is 0 Å². The van der Waals surface area contributed by atoms with Gasteiger partial charge in [0.05, 0.1) is 11.7 Å². The van der Waals surface area contributed by atoms with Gasteiger partial charge in [-0.2, -0.15) is 0 Å². The fraction of sp³-hybridized carbons (Fsp3) is 0.643. The number of ether oxygens (including phenoxy) is 5. The summed E-state index contributed by atoms with van der Waals surface area (Å²) in [4.78, 5) is 25.8. The lowest BCUT2D eigenvalue weighted by atomic mass is 9.46. The average molecular weight is 479 g/mol. The van der Waals surface area contributed by atoms with Crippen molar-refractivity contribution >= 4 is 11.9 Å². The molecule has 0 amide bonds. The number of hydrogen-bond donors (Lipinski definition) is 0. The van der Waals surface area contributed by atoms with Crippen molar-refractivity contribution in [2.45, 2.75) is 88.2 Å². The normalized spacial score (nSPS) is 49.6. The number of aryl methyl sites for hydroxylation is 1. The van der Waals surface area contributed by atoms with E-state index in [2.05, 4.69) is 20.8 Å². The smallest absolute Gasteiger partial charge is 0.338 e. The van der Waals surface area contributed by atoms with Crippen molar-refractivity contribution < 1.29 is 33.3 Å². The number of esters is 2. The van der Waals surface area contributed by atoms with Gasteiger partial charge in [0.25, 0.3) is 0 Å². The van der Waals surface area contributed by atoms with Crippen molar-refractivity contribution in [1.29, 1.82) is 0 Å². The first-order valence-corrected chi connectivity index (χ1v) is 12.9. The summed E-state index contributed by atoms with van der Waals surface area (Å²) >= 11 is 0. The third-order valence-corrected chi connectivity index (χ3v) is 10.6. The Morgan fingerprint density at radius 2 is 1.89 bits per heavy atom. The Balaban J connectivity index is 1.23. The highest BCUT2D eigenvalue weighted by molar-refractivity contribution is 5.92. The van der Waals surface area contributed by atoms with Crippen molar-refractivity contribution in [2.24, 2.45) is 17.3 Å². The topological polar surface area (TPSA) is 90.2 Å². The second-order valence-electron chi connectivity index (χ2n) is 12.2. The van der Waals surface area contributed by atoms with Gasteiger partial charge < -0.3 is 23.7 Å². The SMILES string of the molecule is Cc1ccc(C(=O)O[C@H]2C34O[C@H]3C[C@@H]3C5=C(CC[C@]3(C)C43O[C@@H]3[C@H]3O[C@]32C(C)C)C(=O)OC5)cc1. The van der Waals surface area contributed by atoms with Gasteiger partial charge in [0, 0.05) is 11.0 Å². The van der Waals surface area contributed by atoms with E-state index in [1.807, 2.05) is 31.2 Å². The lowest BCUT2D eigenvalue weighted by Gasteiger charge is -2.53. The zero-order valence-electron chi connectivity index (χ0n) is 20.5. The van der Waals surface area contributed by atoms with Gasteiger partial charge in [-0.1, -0.05) is 38.5 Å². The molecule has 7 nitrogen and oxygen atoms in total. The minimum atomic E-state index is -0.720. The number of rotatable bonds is 3. The van der Waals surface area contributed by atoms with Crippen LogP contribution in [-0.4, -0.2) is 59.8 Å². The van der Waals surface area contributed by atoms with Gasteiger partial charge in [0.15, 0.2) is 11.7 Å². The molecular formula is C28H30O7. The molecule has 5 fully saturated rings. The molecule has 3 saturated heterocycles. The van der Waals surface area contributed by atoms with Gasteiger partial charge in [0.1, 0.15) is 30.0 Å². The largest absolute Gasteiger partial charge is 0.458 e. The molecule has 2 unspecified atom stereocenters. The molecule has 7 aliphatic rings. The Hall–Kier alpha value is -2.22. The number of cyclic esters (lactones) is 1. The number of benzene rings is 1. The molecule has 1 aromatic rings. The summed E-state index contributed by atoms with van der Waals surface area (Å²) in [5, 5.41) is 0. The molecule has 0 bridgehead atoms. The Kier molecular flexibility index (Phi) is 3.59. The second kappa shape index (κ2) is 6.01. The van der Waals surface area contributed by atoms with Gasteiger partial charge in [-0.3, -0.25) is 0 Å². The standard InChI is InChI=1S/C28H30O7/c1-13(2)26-20(34-26)21-28(35-21)25(4)10-9-16-17(12-31-23(16)30)18(25)11-19-27(28,33-19)24(26)32-22(29)15-7-5-14(3)6-8-15/h5-8,13,18-21,24H,9-12H2,1-4H3/t18-,19+,20-,21-,24-,25+,26-,27?,28?/m1/s1. The van der Waals surface area contributed by atoms with E-state index < -0.39 is 22.9 Å². The predicted octanol–water partition coefficient (Wildman–Crippen LogP) is 3.28. The Morgan fingerprint density at radius 1 is 1.11 bits per heavy atom. The lowest BCUT2D eigenvalue weighted by molar-refractivity contribution is -0.136. The van der Waals surface area contributed by atoms with E-state index in [0.29, 0.717) is 18.6 Å². The molecule has 3 aliphatic carbocycles. The Morgan fingerprint density at radius 3 is 2.63 bits per heavy atom.